The summed E-state index contributed by atoms with van der Waals surface area (Å²) in [7, 11) is 2.10. The predicted octanol–water partition coefficient (Wildman–Crippen LogP) is 4.93. The van der Waals surface area contributed by atoms with Crippen LogP contribution in [0.25, 0.3) is 0 Å². The van der Waals surface area contributed by atoms with Crippen molar-refractivity contribution in [2.45, 2.75) is 51.5 Å². The monoisotopic (exact) mass is 286 g/mol. The Labute approximate surface area is 126 Å². The lowest BCUT2D eigenvalue weighted by Gasteiger charge is -2.19. The summed E-state index contributed by atoms with van der Waals surface area (Å²) in [5, 5.41) is 8.77. The maximum absolute atomic E-state index is 13.9. The van der Waals surface area contributed by atoms with E-state index in [-0.39, 0.29) is 12.0 Å². The first kappa shape index (κ1) is 15.8. The third-order valence-corrected chi connectivity index (χ3v) is 4.06. The van der Waals surface area contributed by atoms with Gasteiger partial charge in [0.2, 0.25) is 0 Å². The predicted molar refractivity (Wildman–Crippen MR) is 82.2 cm³/mol. The molecule has 1 nitrogen and oxygen atoms in total. The van der Waals surface area contributed by atoms with Crippen molar-refractivity contribution >= 4 is 7.28 Å². The molecule has 21 heavy (non-hydrogen) atoms. The number of alkyl halides is 1. The Morgan fingerprint density at radius 3 is 2.67 bits per heavy atom. The zero-order valence-electron chi connectivity index (χ0n) is 12.3. The third-order valence-electron chi connectivity index (χ3n) is 4.06. The number of hydrogen-bond acceptors (Lipinski definition) is 1. The highest BCUT2D eigenvalue weighted by atomic mass is 19.1. The quantitative estimate of drug-likeness (QED) is 0.660. The van der Waals surface area contributed by atoms with Crippen LogP contribution in [-0.2, 0) is 0 Å². The summed E-state index contributed by atoms with van der Waals surface area (Å²) in [5.41, 5.74) is 2.66. The molecular weight excluding hydrogens is 267 g/mol. The zero-order valence-corrected chi connectivity index (χ0v) is 12.3. The number of nitrogens with zero attached hydrogens (tertiary/aromatic N) is 1. The van der Waals surface area contributed by atoms with Crippen LogP contribution >= 0.6 is 0 Å². The number of rotatable bonds is 2. The summed E-state index contributed by atoms with van der Waals surface area (Å²) in [4.78, 5) is 0. The maximum Gasteiger partial charge on any atom is 0.142 e. The Morgan fingerprint density at radius 1 is 1.24 bits per heavy atom. The van der Waals surface area contributed by atoms with Gasteiger partial charge in [-0.25, -0.2) is 8.78 Å². The summed E-state index contributed by atoms with van der Waals surface area (Å²) in [6.45, 7) is 2.02. The van der Waals surface area contributed by atoms with Gasteiger partial charge >= 0.3 is 0 Å². The highest BCUT2D eigenvalue weighted by molar-refractivity contribution is 6.43. The molecule has 0 saturated carbocycles. The van der Waals surface area contributed by atoms with E-state index in [0.717, 1.165) is 37.7 Å². The molecule has 1 atom stereocenters. The molecule has 0 aromatic carbocycles. The number of halogens is 2. The van der Waals surface area contributed by atoms with Crippen LogP contribution in [-0.4, -0.2) is 13.5 Å². The fourth-order valence-corrected chi connectivity index (χ4v) is 2.80. The van der Waals surface area contributed by atoms with E-state index in [4.69, 9.17) is 5.26 Å². The first-order chi connectivity index (χ1) is 10.2. The van der Waals surface area contributed by atoms with Gasteiger partial charge < -0.3 is 0 Å². The van der Waals surface area contributed by atoms with Crippen LogP contribution < -0.4 is 0 Å². The van der Waals surface area contributed by atoms with E-state index in [0.29, 0.717) is 5.57 Å². The molecular formula is C17H19BF2N. The smallest absolute Gasteiger partial charge is 0.142 e. The molecule has 0 fully saturated rings. The Morgan fingerprint density at radius 2 is 2.00 bits per heavy atom. The molecule has 0 bridgehead atoms. The van der Waals surface area contributed by atoms with E-state index in [2.05, 4.69) is 19.4 Å². The van der Waals surface area contributed by atoms with Gasteiger partial charge in [0.05, 0.1) is 5.57 Å². The standard InChI is InChI=1S/C17H19BF2N/c1-18-14-6-4-2-3-5-12(7-8-14)13-9-16(19)15(11-21)17(20)10-13/h5-6,9,17H,2-4,7-8,10H2,1H3/b12-5-,14-6+. The van der Waals surface area contributed by atoms with Crippen molar-refractivity contribution in [2.24, 2.45) is 0 Å². The molecule has 0 N–H and O–H groups in total. The topological polar surface area (TPSA) is 23.8 Å². The first-order valence-electron chi connectivity index (χ1n) is 7.48. The summed E-state index contributed by atoms with van der Waals surface area (Å²) in [6.07, 6.45) is 9.00. The molecule has 0 aromatic rings. The lowest BCUT2D eigenvalue weighted by atomic mass is 9.69. The van der Waals surface area contributed by atoms with Crippen molar-refractivity contribution in [2.75, 3.05) is 0 Å². The van der Waals surface area contributed by atoms with E-state index < -0.39 is 12.0 Å². The molecule has 0 heterocycles. The fraction of sp³-hybridized carbons (Fsp3) is 0.471. The van der Waals surface area contributed by atoms with Gasteiger partial charge in [-0.2, -0.15) is 5.26 Å². The van der Waals surface area contributed by atoms with Crippen molar-refractivity contribution in [1.29, 1.82) is 5.26 Å². The highest BCUT2D eigenvalue weighted by Crippen LogP contribution is 2.34. The van der Waals surface area contributed by atoms with Gasteiger partial charge in [0, 0.05) is 6.42 Å². The molecule has 109 valence electrons. The van der Waals surface area contributed by atoms with Gasteiger partial charge in [0.15, 0.2) is 0 Å². The van der Waals surface area contributed by atoms with Crippen LogP contribution in [0.1, 0.15) is 38.5 Å². The molecule has 0 spiro atoms. The largest absolute Gasteiger partial charge is 0.241 e. The molecule has 0 aliphatic heterocycles. The van der Waals surface area contributed by atoms with E-state index in [1.165, 1.54) is 11.5 Å². The molecule has 2 rings (SSSR count). The zero-order chi connectivity index (χ0) is 15.2. The Kier molecular flexibility index (Phi) is 5.55. The molecule has 1 radical (unpaired) electrons. The van der Waals surface area contributed by atoms with Gasteiger partial charge in [-0.3, -0.25) is 0 Å². The summed E-state index contributed by atoms with van der Waals surface area (Å²) in [6, 6.07) is 1.63. The first-order valence-corrected chi connectivity index (χ1v) is 7.48. The summed E-state index contributed by atoms with van der Waals surface area (Å²) >= 11 is 0. The van der Waals surface area contributed by atoms with Crippen molar-refractivity contribution < 1.29 is 8.78 Å². The lowest BCUT2D eigenvalue weighted by Crippen LogP contribution is -2.12. The van der Waals surface area contributed by atoms with Crippen LogP contribution in [0.4, 0.5) is 8.78 Å². The summed E-state index contributed by atoms with van der Waals surface area (Å²) in [5.74, 6) is -0.718. The molecule has 2 aliphatic rings. The second-order valence-electron chi connectivity index (χ2n) is 5.44. The van der Waals surface area contributed by atoms with Crippen LogP contribution in [0, 0.1) is 11.3 Å². The van der Waals surface area contributed by atoms with Crippen molar-refractivity contribution in [3.8, 4) is 6.07 Å². The number of hydrogen-bond donors (Lipinski definition) is 0. The molecule has 0 saturated heterocycles. The minimum Gasteiger partial charge on any atom is -0.241 e. The van der Waals surface area contributed by atoms with Crippen LogP contribution in [0.15, 0.2) is 46.2 Å². The minimum absolute atomic E-state index is 0.108. The molecule has 0 aromatic heterocycles. The summed E-state index contributed by atoms with van der Waals surface area (Å²) < 4.78 is 27.7. The highest BCUT2D eigenvalue weighted by Gasteiger charge is 2.25. The van der Waals surface area contributed by atoms with E-state index in [9.17, 15) is 8.78 Å². The average Bonchev–Trinajstić information content (AvgIpc) is 2.58. The van der Waals surface area contributed by atoms with Gasteiger partial charge in [-0.15, -0.1) is 5.47 Å². The van der Waals surface area contributed by atoms with Crippen LogP contribution in [0.3, 0.4) is 0 Å². The van der Waals surface area contributed by atoms with Crippen LogP contribution in [0.5, 0.6) is 0 Å². The molecule has 0 amide bonds. The van der Waals surface area contributed by atoms with E-state index in [1.807, 2.05) is 6.82 Å². The van der Waals surface area contributed by atoms with Crippen molar-refractivity contribution in [3.05, 3.63) is 46.2 Å². The van der Waals surface area contributed by atoms with Gasteiger partial charge in [0.1, 0.15) is 25.3 Å². The van der Waals surface area contributed by atoms with Crippen molar-refractivity contribution in [1.82, 2.24) is 0 Å². The number of nitriles is 1. The van der Waals surface area contributed by atoms with Crippen LogP contribution in [0.2, 0.25) is 6.82 Å². The lowest BCUT2D eigenvalue weighted by molar-refractivity contribution is 0.373. The Hall–Kier alpha value is -1.63. The van der Waals surface area contributed by atoms with Gasteiger partial charge in [-0.1, -0.05) is 19.0 Å². The molecule has 1 unspecified atom stereocenters. The second-order valence-corrected chi connectivity index (χ2v) is 5.44. The normalized spacial score (nSPS) is 28.9. The Bertz CT molecular complexity index is 564. The van der Waals surface area contributed by atoms with E-state index >= 15 is 0 Å². The minimum atomic E-state index is -1.52. The SMILES string of the molecule is C[B]/C1=C/CCC/C=C(\C2=CC(F)=C(C#N)C(F)C2)CC1. The van der Waals surface area contributed by atoms with Gasteiger partial charge in [0.25, 0.3) is 0 Å². The van der Waals surface area contributed by atoms with Gasteiger partial charge in [-0.05, 0) is 49.3 Å². The fourth-order valence-electron chi connectivity index (χ4n) is 2.80. The van der Waals surface area contributed by atoms with E-state index in [1.54, 1.807) is 6.07 Å². The molecule has 2 aliphatic carbocycles. The third kappa shape index (κ3) is 3.94. The maximum atomic E-state index is 13.9. The van der Waals surface area contributed by atoms with Crippen molar-refractivity contribution in [3.63, 3.8) is 0 Å². The average molecular weight is 286 g/mol. The number of allylic oxidation sites excluding steroid dienone is 8. The second kappa shape index (κ2) is 7.40. The Balaban J connectivity index is 2.23. The molecule has 4 heteroatoms.